The lowest BCUT2D eigenvalue weighted by Gasteiger charge is -2.06. The van der Waals surface area contributed by atoms with Gasteiger partial charge >= 0.3 is 0 Å². The second kappa shape index (κ2) is 7.22. The highest BCUT2D eigenvalue weighted by Gasteiger charge is 2.09. The van der Waals surface area contributed by atoms with Crippen molar-refractivity contribution in [2.24, 2.45) is 0 Å². The highest BCUT2D eigenvalue weighted by Crippen LogP contribution is 2.11. The summed E-state index contributed by atoms with van der Waals surface area (Å²) in [6.45, 7) is 4.34. The van der Waals surface area contributed by atoms with Crippen molar-refractivity contribution in [1.29, 1.82) is 0 Å². The molecule has 1 atom stereocenters. The Bertz CT molecular complexity index is 615. The molecule has 1 N–H and O–H groups in total. The molecule has 21 heavy (non-hydrogen) atoms. The van der Waals surface area contributed by atoms with Crippen molar-refractivity contribution in [3.8, 4) is 0 Å². The van der Waals surface area contributed by atoms with Crippen LogP contribution in [-0.4, -0.2) is 15.9 Å². The van der Waals surface area contributed by atoms with Gasteiger partial charge in [-0.3, -0.25) is 9.00 Å². The first-order valence-electron chi connectivity index (χ1n) is 6.74. The van der Waals surface area contributed by atoms with Crippen LogP contribution in [-0.2, 0) is 27.9 Å². The van der Waals surface area contributed by atoms with Gasteiger partial charge < -0.3 is 9.73 Å². The van der Waals surface area contributed by atoms with E-state index in [0.29, 0.717) is 18.1 Å². The van der Waals surface area contributed by atoms with Gasteiger partial charge in [-0.2, -0.15) is 0 Å². The van der Waals surface area contributed by atoms with E-state index in [1.165, 1.54) is 0 Å². The molecule has 1 unspecified atom stereocenters. The Morgan fingerprint density at radius 3 is 2.57 bits per heavy atom. The number of furan rings is 1. The number of hydrogen-bond donors (Lipinski definition) is 1. The quantitative estimate of drug-likeness (QED) is 0.892. The van der Waals surface area contributed by atoms with Gasteiger partial charge in [-0.25, -0.2) is 0 Å². The SMILES string of the molecule is Cc1cc(C)cc(CS(=O)CC(=O)NCc2ccco2)c1. The molecule has 0 aliphatic rings. The lowest BCUT2D eigenvalue weighted by Crippen LogP contribution is -2.28. The molecule has 0 bridgehead atoms. The zero-order valence-corrected chi connectivity index (χ0v) is 13.0. The summed E-state index contributed by atoms with van der Waals surface area (Å²) in [7, 11) is -1.21. The molecular formula is C16H19NO3S. The average Bonchev–Trinajstić information content (AvgIpc) is 2.87. The highest BCUT2D eigenvalue weighted by molar-refractivity contribution is 7.84. The Kier molecular flexibility index (Phi) is 5.33. The second-order valence-corrected chi connectivity index (χ2v) is 6.54. The smallest absolute Gasteiger partial charge is 0.233 e. The summed E-state index contributed by atoms with van der Waals surface area (Å²) in [5.41, 5.74) is 3.29. The number of aryl methyl sites for hydroxylation is 2. The minimum Gasteiger partial charge on any atom is -0.467 e. The van der Waals surface area contributed by atoms with Crippen LogP contribution in [0, 0.1) is 13.8 Å². The molecule has 0 saturated carbocycles. The van der Waals surface area contributed by atoms with Gasteiger partial charge in [-0.15, -0.1) is 0 Å². The summed E-state index contributed by atoms with van der Waals surface area (Å²) < 4.78 is 17.2. The van der Waals surface area contributed by atoms with Gasteiger partial charge in [0.05, 0.1) is 12.8 Å². The minimum atomic E-state index is -1.21. The maximum absolute atomic E-state index is 12.0. The van der Waals surface area contributed by atoms with E-state index in [9.17, 15) is 9.00 Å². The molecule has 112 valence electrons. The van der Waals surface area contributed by atoms with Crippen LogP contribution in [0.1, 0.15) is 22.5 Å². The van der Waals surface area contributed by atoms with Crippen LogP contribution < -0.4 is 5.32 Å². The highest BCUT2D eigenvalue weighted by atomic mass is 32.2. The summed E-state index contributed by atoms with van der Waals surface area (Å²) in [5, 5.41) is 2.70. The number of nitrogens with one attached hydrogen (secondary N) is 1. The van der Waals surface area contributed by atoms with Gasteiger partial charge in [0.1, 0.15) is 11.5 Å². The Labute approximate surface area is 127 Å². The zero-order chi connectivity index (χ0) is 15.2. The van der Waals surface area contributed by atoms with Crippen molar-refractivity contribution in [3.05, 3.63) is 59.0 Å². The Balaban J connectivity index is 1.82. The molecule has 1 aromatic carbocycles. The Hall–Kier alpha value is -1.88. The molecule has 0 aliphatic heterocycles. The standard InChI is InChI=1S/C16H19NO3S/c1-12-6-13(2)8-14(7-12)10-21(19)11-16(18)17-9-15-4-3-5-20-15/h3-8H,9-11H2,1-2H3,(H,17,18). The van der Waals surface area contributed by atoms with Crippen molar-refractivity contribution < 1.29 is 13.4 Å². The topological polar surface area (TPSA) is 59.3 Å². The van der Waals surface area contributed by atoms with Crippen LogP contribution in [0.25, 0.3) is 0 Å². The fourth-order valence-corrected chi connectivity index (χ4v) is 3.22. The van der Waals surface area contributed by atoms with E-state index in [-0.39, 0.29) is 11.7 Å². The third-order valence-corrected chi connectivity index (χ3v) is 4.18. The van der Waals surface area contributed by atoms with Gasteiger partial charge in [-0.1, -0.05) is 29.3 Å². The largest absolute Gasteiger partial charge is 0.467 e. The lowest BCUT2D eigenvalue weighted by atomic mass is 10.1. The van der Waals surface area contributed by atoms with Gasteiger partial charge in [0, 0.05) is 16.6 Å². The van der Waals surface area contributed by atoms with E-state index < -0.39 is 10.8 Å². The summed E-state index contributed by atoms with van der Waals surface area (Å²) in [5.74, 6) is 0.863. The lowest BCUT2D eigenvalue weighted by molar-refractivity contribution is -0.118. The molecule has 0 fully saturated rings. The molecular weight excluding hydrogens is 286 g/mol. The van der Waals surface area contributed by atoms with Crippen molar-refractivity contribution in [3.63, 3.8) is 0 Å². The van der Waals surface area contributed by atoms with Crippen LogP contribution in [0.2, 0.25) is 0 Å². The van der Waals surface area contributed by atoms with E-state index in [1.807, 2.05) is 26.0 Å². The van der Waals surface area contributed by atoms with Crippen LogP contribution in [0.15, 0.2) is 41.0 Å². The van der Waals surface area contributed by atoms with Gasteiger partial charge in [-0.05, 0) is 31.5 Å². The molecule has 4 nitrogen and oxygen atoms in total. The molecule has 0 radical (unpaired) electrons. The molecule has 1 amide bonds. The maximum atomic E-state index is 12.0. The number of benzene rings is 1. The molecule has 0 spiro atoms. The molecule has 1 heterocycles. The summed E-state index contributed by atoms with van der Waals surface area (Å²) in [6, 6.07) is 9.63. The summed E-state index contributed by atoms with van der Waals surface area (Å²) in [6.07, 6.45) is 1.56. The van der Waals surface area contributed by atoms with Crippen LogP contribution in [0.3, 0.4) is 0 Å². The number of rotatable bonds is 6. The van der Waals surface area contributed by atoms with Crippen molar-refractivity contribution in [2.45, 2.75) is 26.1 Å². The van der Waals surface area contributed by atoms with Gasteiger partial charge in [0.25, 0.3) is 0 Å². The molecule has 2 aromatic rings. The molecule has 0 saturated heterocycles. The fourth-order valence-electron chi connectivity index (χ4n) is 2.19. The molecule has 1 aromatic heterocycles. The average molecular weight is 305 g/mol. The predicted octanol–water partition coefficient (Wildman–Crippen LogP) is 2.46. The molecule has 2 rings (SSSR count). The summed E-state index contributed by atoms with van der Waals surface area (Å²) in [4.78, 5) is 11.7. The van der Waals surface area contributed by atoms with Crippen LogP contribution in [0.5, 0.6) is 0 Å². The Morgan fingerprint density at radius 1 is 1.24 bits per heavy atom. The first-order valence-corrected chi connectivity index (χ1v) is 8.23. The number of carbonyl (C=O) groups is 1. The van der Waals surface area contributed by atoms with E-state index >= 15 is 0 Å². The van der Waals surface area contributed by atoms with E-state index in [4.69, 9.17) is 4.42 Å². The monoisotopic (exact) mass is 305 g/mol. The molecule has 0 aliphatic carbocycles. The predicted molar refractivity (Wildman–Crippen MR) is 83.2 cm³/mol. The molecule has 5 heteroatoms. The van der Waals surface area contributed by atoms with Gasteiger partial charge in [0.15, 0.2) is 0 Å². The first kappa shape index (κ1) is 15.5. The number of amides is 1. The third-order valence-electron chi connectivity index (χ3n) is 2.94. The Morgan fingerprint density at radius 2 is 1.95 bits per heavy atom. The fraction of sp³-hybridized carbons (Fsp3) is 0.312. The second-order valence-electron chi connectivity index (χ2n) is 5.08. The van der Waals surface area contributed by atoms with Crippen molar-refractivity contribution in [1.82, 2.24) is 5.32 Å². The number of hydrogen-bond acceptors (Lipinski definition) is 3. The van der Waals surface area contributed by atoms with Crippen molar-refractivity contribution in [2.75, 3.05) is 5.75 Å². The normalized spacial score (nSPS) is 12.1. The summed E-state index contributed by atoms with van der Waals surface area (Å²) >= 11 is 0. The van der Waals surface area contributed by atoms with E-state index in [0.717, 1.165) is 16.7 Å². The minimum absolute atomic E-state index is 0.00764. The van der Waals surface area contributed by atoms with Crippen molar-refractivity contribution >= 4 is 16.7 Å². The maximum Gasteiger partial charge on any atom is 0.233 e. The van der Waals surface area contributed by atoms with Crippen LogP contribution >= 0.6 is 0 Å². The first-order chi connectivity index (χ1) is 10.0. The van der Waals surface area contributed by atoms with E-state index in [1.54, 1.807) is 18.4 Å². The third kappa shape index (κ3) is 5.19. The number of carbonyl (C=O) groups excluding carboxylic acids is 1. The van der Waals surface area contributed by atoms with Crippen LogP contribution in [0.4, 0.5) is 0 Å². The van der Waals surface area contributed by atoms with E-state index in [2.05, 4.69) is 11.4 Å². The zero-order valence-electron chi connectivity index (χ0n) is 12.2. The van der Waals surface area contributed by atoms with Gasteiger partial charge in [0.2, 0.25) is 5.91 Å².